The molecule has 0 bridgehead atoms. The van der Waals surface area contributed by atoms with Gasteiger partial charge in [0.25, 0.3) is 0 Å². The first-order chi connectivity index (χ1) is 4.34. The fraction of sp³-hybridized carbons (Fsp3) is 0.250. The number of hydrogen-bond donors (Lipinski definition) is 1. The van der Waals surface area contributed by atoms with Gasteiger partial charge in [0.05, 0.1) is 0 Å². The van der Waals surface area contributed by atoms with Crippen molar-refractivity contribution in [3.63, 3.8) is 0 Å². The maximum absolute atomic E-state index is 10.1. The van der Waals surface area contributed by atoms with Gasteiger partial charge >= 0.3 is 0 Å². The Kier molecular flexibility index (Phi) is 1.96. The summed E-state index contributed by atoms with van der Waals surface area (Å²) in [5.41, 5.74) is 2.82. The average molecular weight is 145 g/mol. The number of rotatable bonds is 2. The van der Waals surface area contributed by atoms with Crippen LogP contribution in [0.4, 0.5) is 0 Å². The summed E-state index contributed by atoms with van der Waals surface area (Å²) in [6, 6.07) is 0. The molecule has 50 valence electrons. The summed E-state index contributed by atoms with van der Waals surface area (Å²) in [5.74, 6) is 0. The zero-order chi connectivity index (χ0) is 6.69. The molecule has 0 radical (unpaired) electrons. The van der Waals surface area contributed by atoms with Crippen LogP contribution < -0.4 is 5.43 Å². The van der Waals surface area contributed by atoms with E-state index in [0.717, 1.165) is 6.41 Å². The van der Waals surface area contributed by atoms with Gasteiger partial charge in [-0.1, -0.05) is 4.52 Å². The van der Waals surface area contributed by atoms with Crippen LogP contribution in [0.15, 0.2) is 11.6 Å². The molecule has 0 fully saturated rings. The van der Waals surface area contributed by atoms with Gasteiger partial charge in [0.15, 0.2) is 0 Å². The maximum atomic E-state index is 10.1. The third kappa shape index (κ3) is 1.36. The van der Waals surface area contributed by atoms with Gasteiger partial charge < -0.3 is 0 Å². The smallest absolute Gasteiger partial charge is 0.225 e. The molecule has 0 aromatic heterocycles. The minimum Gasteiger partial charge on any atom is -0.298 e. The summed E-state index contributed by atoms with van der Waals surface area (Å²) in [5, 5.41) is 3.25. The zero-order valence-corrected chi connectivity index (χ0v) is 5.76. The largest absolute Gasteiger partial charge is 0.298 e. The van der Waals surface area contributed by atoms with Crippen LogP contribution in [0.3, 0.4) is 0 Å². The fourth-order valence-corrected chi connectivity index (χ4v) is 0.967. The molecule has 0 saturated carbocycles. The molecule has 1 amide bonds. The van der Waals surface area contributed by atoms with E-state index >= 15 is 0 Å². The van der Waals surface area contributed by atoms with Gasteiger partial charge in [-0.3, -0.25) is 15.2 Å². The molecule has 1 aliphatic rings. The monoisotopic (exact) mass is 145 g/mol. The predicted molar refractivity (Wildman–Crippen MR) is 35.5 cm³/mol. The van der Waals surface area contributed by atoms with Gasteiger partial charge in [-0.2, -0.15) is 0 Å². The van der Waals surface area contributed by atoms with Crippen LogP contribution in [0.5, 0.6) is 0 Å². The normalized spacial score (nSPS) is 17.4. The molecule has 0 aromatic rings. The highest BCUT2D eigenvalue weighted by Gasteiger charge is 2.09. The van der Waals surface area contributed by atoms with Crippen LogP contribution in [0, 0.1) is 0 Å². The van der Waals surface area contributed by atoms with Crippen molar-refractivity contribution in [2.24, 2.45) is 0 Å². The number of hydrogen-bond acceptors (Lipinski definition) is 4. The lowest BCUT2D eigenvalue weighted by molar-refractivity contribution is -0.125. The number of amides is 1. The van der Waals surface area contributed by atoms with Crippen molar-refractivity contribution in [1.29, 1.82) is 0 Å². The summed E-state index contributed by atoms with van der Waals surface area (Å²) >= 11 is 1.41. The van der Waals surface area contributed by atoms with Crippen LogP contribution in [0.2, 0.25) is 0 Å². The third-order valence-corrected chi connectivity index (χ3v) is 1.67. The first kappa shape index (κ1) is 6.44. The summed E-state index contributed by atoms with van der Waals surface area (Å²) in [4.78, 5) is 10.1. The quantitative estimate of drug-likeness (QED) is 0.436. The minimum absolute atomic E-state index is 0.729. The highest BCUT2D eigenvalue weighted by Crippen LogP contribution is 2.13. The summed E-state index contributed by atoms with van der Waals surface area (Å²) in [7, 11) is 1.67. The van der Waals surface area contributed by atoms with Crippen LogP contribution in [0.25, 0.3) is 0 Å². The van der Waals surface area contributed by atoms with Gasteiger partial charge in [0, 0.05) is 18.7 Å². The number of carbonyl (C=O) groups excluding carboxylic acids is 1. The second-order valence-electron chi connectivity index (χ2n) is 1.49. The van der Waals surface area contributed by atoms with Gasteiger partial charge in [-0.25, -0.2) is 0 Å². The number of hydrazine groups is 2. The van der Waals surface area contributed by atoms with Crippen molar-refractivity contribution in [3.8, 4) is 0 Å². The Morgan fingerprint density at radius 3 is 3.11 bits per heavy atom. The Balaban J connectivity index is 2.35. The molecule has 0 unspecified atom stereocenters. The average Bonchev–Trinajstić information content (AvgIpc) is 2.37. The third-order valence-electron chi connectivity index (χ3n) is 0.853. The molecule has 0 spiro atoms. The molecule has 0 atom stereocenters. The molecule has 5 heteroatoms. The molecular formula is C4H7N3OS. The Morgan fingerprint density at radius 1 is 1.89 bits per heavy atom. The Hall–Kier alpha value is -0.680. The second-order valence-corrected chi connectivity index (χ2v) is 2.32. The molecule has 1 heterocycles. The molecule has 1 rings (SSSR count). The fourth-order valence-electron chi connectivity index (χ4n) is 0.421. The molecule has 1 aliphatic heterocycles. The second kappa shape index (κ2) is 2.75. The Labute approximate surface area is 57.6 Å². The van der Waals surface area contributed by atoms with Crippen LogP contribution in [-0.2, 0) is 4.79 Å². The van der Waals surface area contributed by atoms with Crippen LogP contribution >= 0.6 is 11.9 Å². The lowest BCUT2D eigenvalue weighted by atomic mass is 11.1. The molecule has 1 N–H and O–H groups in total. The van der Waals surface area contributed by atoms with Gasteiger partial charge in [0.2, 0.25) is 6.41 Å². The first-order valence-corrected chi connectivity index (χ1v) is 3.24. The Bertz CT molecular complexity index is 130. The van der Waals surface area contributed by atoms with E-state index in [4.69, 9.17) is 0 Å². The predicted octanol–water partition coefficient (Wildman–Crippen LogP) is -0.0708. The molecule has 0 saturated heterocycles. The molecular weight excluding hydrogens is 138 g/mol. The van der Waals surface area contributed by atoms with Crippen molar-refractivity contribution in [2.45, 2.75) is 0 Å². The summed E-state index contributed by atoms with van der Waals surface area (Å²) in [6.45, 7) is 0. The van der Waals surface area contributed by atoms with Gasteiger partial charge in [0.1, 0.15) is 0 Å². The van der Waals surface area contributed by atoms with Gasteiger partial charge in [-0.15, -0.1) is 0 Å². The summed E-state index contributed by atoms with van der Waals surface area (Å²) in [6.07, 6.45) is 2.48. The highest BCUT2D eigenvalue weighted by molar-refractivity contribution is 8.00. The highest BCUT2D eigenvalue weighted by atomic mass is 32.2. The van der Waals surface area contributed by atoms with Crippen molar-refractivity contribution < 1.29 is 4.79 Å². The van der Waals surface area contributed by atoms with E-state index in [9.17, 15) is 4.79 Å². The summed E-state index contributed by atoms with van der Waals surface area (Å²) < 4.78 is 1.60. The zero-order valence-electron chi connectivity index (χ0n) is 4.94. The van der Waals surface area contributed by atoms with Crippen molar-refractivity contribution >= 4 is 18.4 Å². The minimum atomic E-state index is 0.729. The van der Waals surface area contributed by atoms with Crippen molar-refractivity contribution in [1.82, 2.24) is 15.0 Å². The SMILES string of the molecule is CN(C=O)N1NC=CS1. The van der Waals surface area contributed by atoms with Crippen molar-refractivity contribution in [3.05, 3.63) is 11.6 Å². The molecule has 0 aromatic carbocycles. The standard InChI is InChI=1S/C4H7N3OS/c1-6(4-8)7-5-2-3-9-7/h2-5H,1H3. The van der Waals surface area contributed by atoms with E-state index in [1.807, 2.05) is 5.41 Å². The first-order valence-electron chi connectivity index (χ1n) is 2.41. The maximum Gasteiger partial charge on any atom is 0.225 e. The molecule has 9 heavy (non-hydrogen) atoms. The van der Waals surface area contributed by atoms with E-state index in [1.54, 1.807) is 17.8 Å². The van der Waals surface area contributed by atoms with E-state index in [2.05, 4.69) is 5.43 Å². The number of nitrogens with one attached hydrogen (secondary N) is 1. The molecule has 4 nitrogen and oxygen atoms in total. The number of nitrogens with zero attached hydrogens (tertiary/aromatic N) is 2. The van der Waals surface area contributed by atoms with E-state index in [-0.39, 0.29) is 0 Å². The van der Waals surface area contributed by atoms with Crippen LogP contribution in [-0.4, -0.2) is 23.0 Å². The van der Waals surface area contributed by atoms with Crippen molar-refractivity contribution in [2.75, 3.05) is 7.05 Å². The topological polar surface area (TPSA) is 35.6 Å². The lowest BCUT2D eigenvalue weighted by Gasteiger charge is -2.20. The lowest BCUT2D eigenvalue weighted by Crippen LogP contribution is -2.38. The van der Waals surface area contributed by atoms with E-state index in [0.29, 0.717) is 0 Å². The van der Waals surface area contributed by atoms with E-state index in [1.165, 1.54) is 17.0 Å². The van der Waals surface area contributed by atoms with Gasteiger partial charge in [-0.05, 0) is 11.9 Å². The number of carbonyl (C=O) groups is 1. The molecule has 0 aliphatic carbocycles. The van der Waals surface area contributed by atoms with E-state index < -0.39 is 0 Å². The Morgan fingerprint density at radius 2 is 2.67 bits per heavy atom. The van der Waals surface area contributed by atoms with Crippen LogP contribution in [0.1, 0.15) is 0 Å².